The summed E-state index contributed by atoms with van der Waals surface area (Å²) < 4.78 is 0. The van der Waals surface area contributed by atoms with Gasteiger partial charge in [0, 0.05) is 0 Å². The summed E-state index contributed by atoms with van der Waals surface area (Å²) >= 11 is 0. The van der Waals surface area contributed by atoms with Crippen molar-refractivity contribution in [2.24, 2.45) is 29.6 Å². The molecular weight excluding hydrogens is 264 g/mol. The van der Waals surface area contributed by atoms with E-state index < -0.39 is 0 Å². The molecule has 0 aromatic carbocycles. The lowest BCUT2D eigenvalue weighted by molar-refractivity contribution is 0.135. The van der Waals surface area contributed by atoms with Gasteiger partial charge in [0.05, 0.1) is 0 Å². The third-order valence-corrected chi connectivity index (χ3v) is 7.45. The van der Waals surface area contributed by atoms with E-state index in [9.17, 15) is 0 Å². The molecule has 0 radical (unpaired) electrons. The smallest absolute Gasteiger partial charge is 0.0381 e. The van der Waals surface area contributed by atoms with Crippen molar-refractivity contribution in [3.63, 3.8) is 0 Å². The van der Waals surface area contributed by atoms with E-state index in [0.29, 0.717) is 0 Å². The van der Waals surface area contributed by atoms with Crippen molar-refractivity contribution in [3.8, 4) is 0 Å². The molecule has 3 aliphatic rings. The van der Waals surface area contributed by atoms with Gasteiger partial charge in [-0.05, 0) is 55.3 Å². The van der Waals surface area contributed by atoms with Crippen LogP contribution in [0.1, 0.15) is 110 Å². The van der Waals surface area contributed by atoms with Crippen molar-refractivity contribution < 1.29 is 0 Å². The average Bonchev–Trinajstić information content (AvgIpc) is 2.57. The fraction of sp³-hybridized carbons (Fsp3) is 1.00. The summed E-state index contributed by atoms with van der Waals surface area (Å²) in [4.78, 5) is 0. The highest BCUT2D eigenvalue weighted by molar-refractivity contribution is 4.82. The molecule has 0 unspecified atom stereocenters. The molecule has 0 atom stereocenters. The van der Waals surface area contributed by atoms with E-state index in [0.717, 1.165) is 29.6 Å². The summed E-state index contributed by atoms with van der Waals surface area (Å²) in [6.07, 6.45) is 24.8. The molecule has 0 N–H and O–H groups in total. The topological polar surface area (TPSA) is 0 Å². The van der Waals surface area contributed by atoms with Gasteiger partial charge in [-0.15, -0.1) is 0 Å². The summed E-state index contributed by atoms with van der Waals surface area (Å²) in [5, 5.41) is 0. The number of rotatable bonds is 5. The zero-order chi connectivity index (χ0) is 15.2. The van der Waals surface area contributed by atoms with Crippen LogP contribution in [0.25, 0.3) is 0 Å². The second kappa shape index (κ2) is 8.74. The molecule has 0 spiro atoms. The lowest BCUT2D eigenvalue weighted by atomic mass is 9.68. The molecule has 128 valence electrons. The summed E-state index contributed by atoms with van der Waals surface area (Å²) in [6.45, 7) is 2.48. The summed E-state index contributed by atoms with van der Waals surface area (Å²) in [7, 11) is 0. The van der Waals surface area contributed by atoms with Crippen LogP contribution in [0.15, 0.2) is 0 Å². The Labute approximate surface area is 139 Å². The molecular formula is C22H40. The number of hydrogen-bond donors (Lipinski definition) is 0. The molecule has 0 heterocycles. The minimum Gasteiger partial charge on any atom is -0.0625 e. The monoisotopic (exact) mass is 304 g/mol. The van der Waals surface area contributed by atoms with Crippen LogP contribution < -0.4 is 0 Å². The molecule has 3 rings (SSSR count). The highest BCUT2D eigenvalue weighted by atomic mass is 14.4. The van der Waals surface area contributed by atoms with Gasteiger partial charge in [-0.2, -0.15) is 0 Å². The van der Waals surface area contributed by atoms with Crippen LogP contribution in [-0.4, -0.2) is 0 Å². The largest absolute Gasteiger partial charge is 0.0625 e. The van der Waals surface area contributed by atoms with Crippen LogP contribution in [0.4, 0.5) is 0 Å². The molecule has 0 aliphatic heterocycles. The van der Waals surface area contributed by atoms with Crippen LogP contribution in [-0.2, 0) is 0 Å². The highest BCUT2D eigenvalue weighted by Crippen LogP contribution is 2.43. The SMILES string of the molecule is CC1CCC(C(CC2CCCCC2)CC2CCCCC2)CC1. The maximum Gasteiger partial charge on any atom is -0.0381 e. The van der Waals surface area contributed by atoms with Gasteiger partial charge in [-0.1, -0.05) is 84.0 Å². The Balaban J connectivity index is 1.56. The fourth-order valence-electron chi connectivity index (χ4n) is 5.94. The van der Waals surface area contributed by atoms with Gasteiger partial charge in [-0.25, -0.2) is 0 Å². The third kappa shape index (κ3) is 5.00. The summed E-state index contributed by atoms with van der Waals surface area (Å²) in [6, 6.07) is 0. The van der Waals surface area contributed by atoms with Crippen LogP contribution in [0, 0.1) is 29.6 Å². The Kier molecular flexibility index (Phi) is 6.69. The second-order valence-electron chi connectivity index (χ2n) is 9.26. The van der Waals surface area contributed by atoms with Gasteiger partial charge >= 0.3 is 0 Å². The van der Waals surface area contributed by atoms with Gasteiger partial charge in [0.2, 0.25) is 0 Å². The van der Waals surface area contributed by atoms with E-state index in [-0.39, 0.29) is 0 Å². The van der Waals surface area contributed by atoms with E-state index in [1.165, 1.54) is 51.4 Å². The van der Waals surface area contributed by atoms with Gasteiger partial charge in [0.15, 0.2) is 0 Å². The van der Waals surface area contributed by atoms with Gasteiger partial charge < -0.3 is 0 Å². The quantitative estimate of drug-likeness (QED) is 0.497. The molecule has 0 bridgehead atoms. The Morgan fingerprint density at radius 1 is 0.591 bits per heavy atom. The van der Waals surface area contributed by atoms with Gasteiger partial charge in [0.1, 0.15) is 0 Å². The van der Waals surface area contributed by atoms with Crippen LogP contribution in [0.5, 0.6) is 0 Å². The van der Waals surface area contributed by atoms with Crippen molar-refractivity contribution in [2.75, 3.05) is 0 Å². The maximum absolute atomic E-state index is 2.48. The Hall–Kier alpha value is 0. The molecule has 0 saturated heterocycles. The molecule has 0 amide bonds. The van der Waals surface area contributed by atoms with Gasteiger partial charge in [-0.3, -0.25) is 0 Å². The van der Waals surface area contributed by atoms with Crippen molar-refractivity contribution in [1.82, 2.24) is 0 Å². The van der Waals surface area contributed by atoms with Crippen LogP contribution in [0.3, 0.4) is 0 Å². The molecule has 0 heteroatoms. The molecule has 0 aromatic rings. The third-order valence-electron chi connectivity index (χ3n) is 7.45. The first-order valence-electron chi connectivity index (χ1n) is 10.8. The Morgan fingerprint density at radius 2 is 1.05 bits per heavy atom. The molecule has 0 nitrogen and oxygen atoms in total. The lowest BCUT2D eigenvalue weighted by Crippen LogP contribution is -2.26. The van der Waals surface area contributed by atoms with E-state index in [1.807, 2.05) is 0 Å². The standard InChI is InChI=1S/C22H40/c1-18-12-14-21(15-13-18)22(16-19-8-4-2-5-9-19)17-20-10-6-3-7-11-20/h18-22H,2-17H2,1H3. The molecule has 3 fully saturated rings. The molecule has 3 saturated carbocycles. The Morgan fingerprint density at radius 3 is 1.50 bits per heavy atom. The minimum atomic E-state index is 1.02. The minimum absolute atomic E-state index is 1.02. The molecule has 3 aliphatic carbocycles. The normalized spacial score (nSPS) is 32.5. The lowest BCUT2D eigenvalue weighted by Gasteiger charge is -2.38. The van der Waals surface area contributed by atoms with Crippen molar-refractivity contribution in [1.29, 1.82) is 0 Å². The van der Waals surface area contributed by atoms with E-state index in [1.54, 1.807) is 51.4 Å². The second-order valence-corrected chi connectivity index (χ2v) is 9.26. The fourth-order valence-corrected chi connectivity index (χ4v) is 5.94. The predicted octanol–water partition coefficient (Wildman–Crippen LogP) is 7.37. The zero-order valence-corrected chi connectivity index (χ0v) is 15.2. The first-order valence-corrected chi connectivity index (χ1v) is 10.8. The highest BCUT2D eigenvalue weighted by Gasteiger charge is 2.30. The summed E-state index contributed by atoms with van der Waals surface area (Å²) in [5.41, 5.74) is 0. The van der Waals surface area contributed by atoms with Crippen molar-refractivity contribution in [2.45, 2.75) is 110 Å². The molecule has 22 heavy (non-hydrogen) atoms. The van der Waals surface area contributed by atoms with E-state index >= 15 is 0 Å². The van der Waals surface area contributed by atoms with Crippen molar-refractivity contribution in [3.05, 3.63) is 0 Å². The first kappa shape index (κ1) is 16.8. The van der Waals surface area contributed by atoms with E-state index in [4.69, 9.17) is 0 Å². The Bertz CT molecular complexity index is 267. The number of hydrogen-bond acceptors (Lipinski definition) is 0. The first-order chi connectivity index (χ1) is 10.8. The molecule has 0 aromatic heterocycles. The maximum atomic E-state index is 2.48. The zero-order valence-electron chi connectivity index (χ0n) is 15.2. The average molecular weight is 305 g/mol. The van der Waals surface area contributed by atoms with Gasteiger partial charge in [0.25, 0.3) is 0 Å². The van der Waals surface area contributed by atoms with Crippen LogP contribution >= 0.6 is 0 Å². The van der Waals surface area contributed by atoms with Crippen LogP contribution in [0.2, 0.25) is 0 Å². The van der Waals surface area contributed by atoms with Crippen molar-refractivity contribution >= 4 is 0 Å². The predicted molar refractivity (Wildman–Crippen MR) is 97.0 cm³/mol. The summed E-state index contributed by atoms with van der Waals surface area (Å²) in [5.74, 6) is 5.41. The van der Waals surface area contributed by atoms with E-state index in [2.05, 4.69) is 6.92 Å².